The molecular formula is C36H58F4O7. The lowest BCUT2D eigenvalue weighted by Crippen LogP contribution is -2.59. The van der Waals surface area contributed by atoms with E-state index < -0.39 is 52.5 Å². The first-order valence-corrected chi connectivity index (χ1v) is 18.3. The van der Waals surface area contributed by atoms with E-state index in [2.05, 4.69) is 13.8 Å². The lowest BCUT2D eigenvalue weighted by molar-refractivity contribution is -0.220. The van der Waals surface area contributed by atoms with Crippen LogP contribution in [0.1, 0.15) is 104 Å². The molecule has 47 heavy (non-hydrogen) atoms. The fraction of sp³-hybridized carbons (Fsp3) is 1.00. The standard InChI is InChI=1S/C36H58F4O7/c1-4-30(17-41,22-44-26-11-33(37)10-8-29(36(40,13-26)16-33)47-25-32(6-3)20-43-21-32)23-46-28-7-9-34(38)12-27(14-35(28,39)15-34)45-24-31(5-2)18-42-19-31/h26-29,41H,4-25H2,1-3H3. The van der Waals surface area contributed by atoms with Gasteiger partial charge in [-0.2, -0.15) is 0 Å². The minimum atomic E-state index is -1.89. The van der Waals surface area contributed by atoms with Gasteiger partial charge in [0, 0.05) is 54.8 Å². The molecule has 272 valence electrons. The fourth-order valence-electron chi connectivity index (χ4n) is 9.08. The molecule has 4 aliphatic carbocycles. The van der Waals surface area contributed by atoms with E-state index in [9.17, 15) is 5.11 Å². The quantitative estimate of drug-likeness (QED) is 0.186. The Bertz CT molecular complexity index is 1060. The summed E-state index contributed by atoms with van der Waals surface area (Å²) in [4.78, 5) is 0. The van der Waals surface area contributed by atoms with Crippen molar-refractivity contribution in [2.75, 3.05) is 59.5 Å². The van der Waals surface area contributed by atoms with Gasteiger partial charge in [-0.1, -0.05) is 20.8 Å². The molecule has 0 aromatic carbocycles. The van der Waals surface area contributed by atoms with E-state index in [1.807, 2.05) is 6.92 Å². The average molecular weight is 679 g/mol. The second kappa shape index (κ2) is 13.5. The Labute approximate surface area is 278 Å². The number of halogens is 4. The van der Waals surface area contributed by atoms with Crippen molar-refractivity contribution in [2.24, 2.45) is 16.2 Å². The van der Waals surface area contributed by atoms with Crippen LogP contribution in [0.15, 0.2) is 0 Å². The van der Waals surface area contributed by atoms with Gasteiger partial charge in [-0.05, 0) is 44.9 Å². The average Bonchev–Trinajstić information content (AvgIpc) is 2.97. The summed E-state index contributed by atoms with van der Waals surface area (Å²) in [7, 11) is 0. The predicted octanol–water partition coefficient (Wildman–Crippen LogP) is 6.56. The molecule has 0 amide bonds. The van der Waals surface area contributed by atoms with Crippen molar-refractivity contribution >= 4 is 0 Å². The summed E-state index contributed by atoms with van der Waals surface area (Å²) in [5.41, 5.74) is -8.10. The largest absolute Gasteiger partial charge is 0.396 e. The van der Waals surface area contributed by atoms with Gasteiger partial charge in [0.05, 0.1) is 83.9 Å². The van der Waals surface area contributed by atoms with Crippen LogP contribution in [0, 0.1) is 16.2 Å². The molecule has 4 saturated carbocycles. The Hall–Kier alpha value is -0.560. The summed E-state index contributed by atoms with van der Waals surface area (Å²) < 4.78 is 100. The predicted molar refractivity (Wildman–Crippen MR) is 167 cm³/mol. The molecule has 0 radical (unpaired) electrons. The monoisotopic (exact) mass is 678 g/mol. The molecule has 6 aliphatic rings. The van der Waals surface area contributed by atoms with E-state index >= 15 is 17.6 Å². The Balaban J connectivity index is 1.05. The summed E-state index contributed by atoms with van der Waals surface area (Å²) in [6.45, 7) is 8.99. The highest BCUT2D eigenvalue weighted by molar-refractivity contribution is 5.10. The van der Waals surface area contributed by atoms with Crippen molar-refractivity contribution in [3.8, 4) is 0 Å². The van der Waals surface area contributed by atoms with E-state index in [1.165, 1.54) is 0 Å². The SMILES string of the molecule is CCC1(COC2CC3(F)CCC(OCC(CC)(CO)COC4CC5(F)CCC(OCC6(CC)COC6)C(F)(C4)C5)C(F)(C2)C3)COC1. The van der Waals surface area contributed by atoms with Crippen molar-refractivity contribution in [3.63, 3.8) is 0 Å². The third kappa shape index (κ3) is 7.43. The Kier molecular flexibility index (Phi) is 10.4. The molecule has 1 N–H and O–H groups in total. The van der Waals surface area contributed by atoms with Crippen LogP contribution in [0.25, 0.3) is 0 Å². The van der Waals surface area contributed by atoms with Crippen molar-refractivity contribution in [1.82, 2.24) is 0 Å². The van der Waals surface area contributed by atoms with Crippen molar-refractivity contribution in [2.45, 2.75) is 151 Å². The van der Waals surface area contributed by atoms with Crippen molar-refractivity contribution < 1.29 is 51.1 Å². The first kappa shape index (κ1) is 36.2. The van der Waals surface area contributed by atoms with Crippen LogP contribution in [-0.4, -0.2) is 112 Å². The van der Waals surface area contributed by atoms with Crippen LogP contribution in [-0.2, 0) is 28.4 Å². The zero-order chi connectivity index (χ0) is 33.6. The lowest BCUT2D eigenvalue weighted by Gasteiger charge is -2.52. The summed E-state index contributed by atoms with van der Waals surface area (Å²) in [5, 5.41) is 10.5. The zero-order valence-corrected chi connectivity index (χ0v) is 28.8. The molecule has 2 aliphatic heterocycles. The molecule has 7 nitrogen and oxygen atoms in total. The Morgan fingerprint density at radius 2 is 1.13 bits per heavy atom. The van der Waals surface area contributed by atoms with Crippen LogP contribution >= 0.6 is 0 Å². The molecule has 2 saturated heterocycles. The first-order chi connectivity index (χ1) is 22.3. The number of aliphatic hydroxyl groups is 1. The fourth-order valence-corrected chi connectivity index (χ4v) is 9.08. The van der Waals surface area contributed by atoms with Gasteiger partial charge in [0.1, 0.15) is 22.7 Å². The second-order valence-corrected chi connectivity index (χ2v) is 16.8. The number of rotatable bonds is 16. The molecular weight excluding hydrogens is 620 g/mol. The lowest BCUT2D eigenvalue weighted by atomic mass is 9.65. The molecule has 0 spiro atoms. The first-order valence-electron chi connectivity index (χ1n) is 18.3. The maximum Gasteiger partial charge on any atom is 0.142 e. The summed E-state index contributed by atoms with van der Waals surface area (Å²) in [6.07, 6.45) is 0.354. The molecule has 2 heterocycles. The zero-order valence-electron chi connectivity index (χ0n) is 28.8. The molecule has 6 fully saturated rings. The minimum Gasteiger partial charge on any atom is -0.396 e. The van der Waals surface area contributed by atoms with Gasteiger partial charge in [0.25, 0.3) is 0 Å². The molecule has 11 heteroatoms. The maximum absolute atomic E-state index is 16.6. The van der Waals surface area contributed by atoms with Gasteiger partial charge in [-0.3, -0.25) is 0 Å². The van der Waals surface area contributed by atoms with Crippen LogP contribution in [0.4, 0.5) is 17.6 Å². The van der Waals surface area contributed by atoms with Crippen LogP contribution < -0.4 is 0 Å². The number of hydrogen-bond acceptors (Lipinski definition) is 7. The number of alkyl halides is 4. The summed E-state index contributed by atoms with van der Waals surface area (Å²) >= 11 is 0. The Morgan fingerprint density at radius 1 is 0.660 bits per heavy atom. The normalized spacial score (nSPS) is 43.4. The maximum atomic E-state index is 16.6. The van der Waals surface area contributed by atoms with Crippen molar-refractivity contribution in [3.05, 3.63) is 0 Å². The summed E-state index contributed by atoms with van der Waals surface area (Å²) in [5.74, 6) is 0. The van der Waals surface area contributed by atoms with E-state index in [0.717, 1.165) is 12.8 Å². The van der Waals surface area contributed by atoms with Crippen LogP contribution in [0.3, 0.4) is 0 Å². The van der Waals surface area contributed by atoms with Crippen LogP contribution in [0.5, 0.6) is 0 Å². The number of aliphatic hydroxyl groups excluding tert-OH is 1. The van der Waals surface area contributed by atoms with E-state index in [0.29, 0.717) is 52.5 Å². The number of ether oxygens (including phenoxy) is 6. The topological polar surface area (TPSA) is 75.6 Å². The van der Waals surface area contributed by atoms with Gasteiger partial charge in [-0.15, -0.1) is 0 Å². The van der Waals surface area contributed by atoms with E-state index in [4.69, 9.17) is 28.4 Å². The molecule has 9 unspecified atom stereocenters. The highest BCUT2D eigenvalue weighted by Gasteiger charge is 2.60. The van der Waals surface area contributed by atoms with Gasteiger partial charge >= 0.3 is 0 Å². The number of fused-ring (bicyclic) bond motifs is 4. The van der Waals surface area contributed by atoms with Gasteiger partial charge in [0.2, 0.25) is 0 Å². The Morgan fingerprint density at radius 3 is 1.57 bits per heavy atom. The summed E-state index contributed by atoms with van der Waals surface area (Å²) in [6, 6.07) is 0. The molecule has 0 aromatic rings. The van der Waals surface area contributed by atoms with Gasteiger partial charge in [-0.25, -0.2) is 17.6 Å². The van der Waals surface area contributed by atoms with E-state index in [1.54, 1.807) is 0 Å². The molecule has 9 atom stereocenters. The van der Waals surface area contributed by atoms with E-state index in [-0.39, 0.29) is 88.4 Å². The van der Waals surface area contributed by atoms with Gasteiger partial charge in [0.15, 0.2) is 0 Å². The molecule has 6 rings (SSSR count). The third-order valence-corrected chi connectivity index (χ3v) is 13.1. The highest BCUT2D eigenvalue weighted by atomic mass is 19.2. The molecule has 4 bridgehead atoms. The van der Waals surface area contributed by atoms with Crippen LogP contribution in [0.2, 0.25) is 0 Å². The second-order valence-electron chi connectivity index (χ2n) is 16.8. The highest BCUT2D eigenvalue weighted by Crippen LogP contribution is 2.54. The molecule has 0 aromatic heterocycles. The smallest absolute Gasteiger partial charge is 0.142 e. The number of hydrogen-bond donors (Lipinski definition) is 1. The van der Waals surface area contributed by atoms with Gasteiger partial charge < -0.3 is 33.5 Å². The van der Waals surface area contributed by atoms with Crippen molar-refractivity contribution in [1.29, 1.82) is 0 Å². The third-order valence-electron chi connectivity index (χ3n) is 13.1. The minimum absolute atomic E-state index is 0.00139.